The Morgan fingerprint density at radius 3 is 2.00 bits per heavy atom. The minimum absolute atomic E-state index is 0.00556. The Bertz CT molecular complexity index is 1090. The van der Waals surface area contributed by atoms with Gasteiger partial charge in [-0.3, -0.25) is 14.6 Å². The number of carbonyl (C=O) groups is 3. The quantitative estimate of drug-likeness (QED) is 0.671. The number of hydrazine groups is 1. The molecule has 4 rings (SSSR count). The average molecular weight is 443 g/mol. The Kier molecular flexibility index (Phi) is 5.72. The van der Waals surface area contributed by atoms with Crippen molar-refractivity contribution in [1.82, 2.24) is 14.9 Å². The van der Waals surface area contributed by atoms with Crippen LogP contribution in [-0.2, 0) is 27.5 Å². The molecular formula is C22H19F2N3O5. The third-order valence-electron chi connectivity index (χ3n) is 5.40. The van der Waals surface area contributed by atoms with Gasteiger partial charge in [0.2, 0.25) is 5.78 Å². The van der Waals surface area contributed by atoms with Crippen LogP contribution in [0.15, 0.2) is 60.3 Å². The number of Topliss-reactive ketones (excluding diaryl/α,β-unsaturated/α-hetero) is 1. The molecule has 2 aromatic rings. The molecule has 166 valence electrons. The molecule has 0 spiro atoms. The van der Waals surface area contributed by atoms with E-state index in [1.165, 1.54) is 46.3 Å². The molecule has 0 radical (unpaired) electrons. The first kappa shape index (κ1) is 21.6. The molecule has 8 nitrogen and oxygen atoms in total. The summed E-state index contributed by atoms with van der Waals surface area (Å²) in [5, 5.41) is 22.7. The average Bonchev–Trinajstić information content (AvgIpc) is 2.76. The van der Waals surface area contributed by atoms with Gasteiger partial charge in [-0.1, -0.05) is 24.3 Å². The highest BCUT2D eigenvalue weighted by molar-refractivity contribution is 6.20. The van der Waals surface area contributed by atoms with Crippen LogP contribution in [0.25, 0.3) is 0 Å². The van der Waals surface area contributed by atoms with Gasteiger partial charge in [-0.15, -0.1) is 0 Å². The van der Waals surface area contributed by atoms with Crippen molar-refractivity contribution in [1.29, 1.82) is 0 Å². The molecular weight excluding hydrogens is 424 g/mol. The monoisotopic (exact) mass is 443 g/mol. The van der Waals surface area contributed by atoms with E-state index in [4.69, 9.17) is 0 Å². The molecule has 1 saturated heterocycles. The van der Waals surface area contributed by atoms with Gasteiger partial charge >= 0.3 is 5.97 Å². The Morgan fingerprint density at radius 1 is 0.938 bits per heavy atom. The number of benzene rings is 2. The zero-order chi connectivity index (χ0) is 23.0. The first-order chi connectivity index (χ1) is 15.2. The van der Waals surface area contributed by atoms with E-state index in [1.54, 1.807) is 17.1 Å². The van der Waals surface area contributed by atoms with E-state index < -0.39 is 47.0 Å². The predicted molar refractivity (Wildman–Crippen MR) is 106 cm³/mol. The number of rotatable bonds is 5. The molecule has 2 heterocycles. The smallest absolute Gasteiger partial charge is 0.340 e. The first-order valence-electron chi connectivity index (χ1n) is 9.73. The number of amides is 1. The third kappa shape index (κ3) is 4.10. The molecule has 32 heavy (non-hydrogen) atoms. The number of carboxylic acid groups (broad SMARTS) is 1. The summed E-state index contributed by atoms with van der Waals surface area (Å²) in [6.07, 6.45) is -0.844. The summed E-state index contributed by atoms with van der Waals surface area (Å²) in [4.78, 5) is 38.4. The minimum atomic E-state index is -1.88. The number of ketones is 1. The van der Waals surface area contributed by atoms with Crippen LogP contribution in [0.3, 0.4) is 0 Å². The highest BCUT2D eigenvalue weighted by Gasteiger charge is 2.49. The number of aliphatic carboxylic acids is 1. The second-order valence-electron chi connectivity index (χ2n) is 7.58. The van der Waals surface area contributed by atoms with Crippen molar-refractivity contribution < 1.29 is 33.4 Å². The summed E-state index contributed by atoms with van der Waals surface area (Å²) in [6, 6.07) is 9.81. The number of halogens is 2. The lowest BCUT2D eigenvalue weighted by atomic mass is 9.94. The number of carboxylic acids is 1. The first-order valence-corrected chi connectivity index (χ1v) is 9.73. The fourth-order valence-electron chi connectivity index (χ4n) is 3.79. The Morgan fingerprint density at radius 2 is 1.47 bits per heavy atom. The molecule has 10 heteroatoms. The maximum Gasteiger partial charge on any atom is 0.340 e. The van der Waals surface area contributed by atoms with Crippen molar-refractivity contribution in [3.05, 3.63) is 83.1 Å². The van der Waals surface area contributed by atoms with Gasteiger partial charge in [-0.2, -0.15) is 5.01 Å². The van der Waals surface area contributed by atoms with Crippen LogP contribution >= 0.6 is 0 Å². The molecule has 2 unspecified atom stereocenters. The summed E-state index contributed by atoms with van der Waals surface area (Å²) in [7, 11) is 0. The molecule has 2 atom stereocenters. The minimum Gasteiger partial charge on any atom is -0.478 e. The fraction of sp³-hybridized carbons (Fsp3) is 0.227. The van der Waals surface area contributed by atoms with Gasteiger partial charge < -0.3 is 15.1 Å². The van der Waals surface area contributed by atoms with Gasteiger partial charge in [0.15, 0.2) is 6.04 Å². The maximum atomic E-state index is 13.3. The van der Waals surface area contributed by atoms with Crippen molar-refractivity contribution in [3.63, 3.8) is 0 Å². The molecule has 2 aliphatic heterocycles. The molecule has 2 aromatic carbocycles. The summed E-state index contributed by atoms with van der Waals surface area (Å²) >= 11 is 0. The van der Waals surface area contributed by atoms with Crippen LogP contribution in [0, 0.1) is 11.6 Å². The standard InChI is InChI=1S/C22H19F2N3O5/c23-15-5-1-13(2-6-15)9-25-12-26(10-14-3-7-16(24)8-4-14)27-11-17(22(31)32)19(28)20(29)18(27)21(25)30/h1-8,11,18,20,29H,9-10,12H2,(H,31,32). The van der Waals surface area contributed by atoms with Crippen molar-refractivity contribution in [2.45, 2.75) is 25.2 Å². The van der Waals surface area contributed by atoms with Crippen molar-refractivity contribution in [2.24, 2.45) is 0 Å². The molecule has 2 aliphatic rings. The van der Waals surface area contributed by atoms with Gasteiger partial charge in [0.05, 0.1) is 6.67 Å². The number of nitrogens with zero attached hydrogens (tertiary/aromatic N) is 3. The number of aliphatic hydroxyl groups is 1. The lowest BCUT2D eigenvalue weighted by Gasteiger charge is -2.50. The highest BCUT2D eigenvalue weighted by Crippen LogP contribution is 2.29. The Hall–Kier alpha value is -3.63. The lowest BCUT2D eigenvalue weighted by Crippen LogP contribution is -2.68. The summed E-state index contributed by atoms with van der Waals surface area (Å²) < 4.78 is 26.5. The molecule has 0 aliphatic carbocycles. The highest BCUT2D eigenvalue weighted by atomic mass is 19.1. The molecule has 1 amide bonds. The van der Waals surface area contributed by atoms with E-state index >= 15 is 0 Å². The Balaban J connectivity index is 1.69. The number of fused-ring (bicyclic) bond motifs is 1. The van der Waals surface area contributed by atoms with Crippen LogP contribution in [0.4, 0.5) is 8.78 Å². The van der Waals surface area contributed by atoms with E-state index in [0.717, 1.165) is 6.20 Å². The van der Waals surface area contributed by atoms with Crippen molar-refractivity contribution in [2.75, 3.05) is 6.67 Å². The Labute approximate surface area is 181 Å². The molecule has 0 bridgehead atoms. The predicted octanol–water partition coefficient (Wildman–Crippen LogP) is 1.26. The third-order valence-corrected chi connectivity index (χ3v) is 5.40. The van der Waals surface area contributed by atoms with Gasteiger partial charge in [0.25, 0.3) is 5.91 Å². The van der Waals surface area contributed by atoms with Crippen LogP contribution in [0.5, 0.6) is 0 Å². The van der Waals surface area contributed by atoms with Crippen LogP contribution < -0.4 is 0 Å². The summed E-state index contributed by atoms with van der Waals surface area (Å²) in [5.41, 5.74) is 0.656. The van der Waals surface area contributed by atoms with E-state index in [1.807, 2.05) is 0 Å². The maximum absolute atomic E-state index is 13.3. The van der Waals surface area contributed by atoms with Gasteiger partial charge in [-0.25, -0.2) is 13.6 Å². The summed E-state index contributed by atoms with van der Waals surface area (Å²) in [6.45, 7) is 0.225. The molecule has 0 aromatic heterocycles. The number of hydrogen-bond acceptors (Lipinski definition) is 6. The van der Waals surface area contributed by atoms with E-state index in [-0.39, 0.29) is 19.8 Å². The zero-order valence-electron chi connectivity index (χ0n) is 16.7. The molecule has 1 fully saturated rings. The van der Waals surface area contributed by atoms with Gasteiger partial charge in [-0.05, 0) is 35.4 Å². The van der Waals surface area contributed by atoms with Crippen LogP contribution in [0.1, 0.15) is 11.1 Å². The second-order valence-corrected chi connectivity index (χ2v) is 7.58. The van der Waals surface area contributed by atoms with E-state index in [0.29, 0.717) is 11.1 Å². The topological polar surface area (TPSA) is 101 Å². The lowest BCUT2D eigenvalue weighted by molar-refractivity contribution is -0.183. The fourth-order valence-corrected chi connectivity index (χ4v) is 3.79. The summed E-state index contributed by atoms with van der Waals surface area (Å²) in [5.74, 6) is -4.01. The zero-order valence-corrected chi connectivity index (χ0v) is 16.7. The molecule has 0 saturated carbocycles. The van der Waals surface area contributed by atoms with Crippen LogP contribution in [0.2, 0.25) is 0 Å². The van der Waals surface area contributed by atoms with Gasteiger partial charge in [0.1, 0.15) is 23.3 Å². The molecule has 2 N–H and O–H groups in total. The van der Waals surface area contributed by atoms with Crippen molar-refractivity contribution in [3.8, 4) is 0 Å². The second kappa shape index (κ2) is 8.48. The van der Waals surface area contributed by atoms with Crippen LogP contribution in [-0.4, -0.2) is 61.6 Å². The van der Waals surface area contributed by atoms with Crippen molar-refractivity contribution >= 4 is 17.7 Å². The SMILES string of the molecule is O=C(O)C1=CN2C(C(=O)N(Cc3ccc(F)cc3)CN2Cc2ccc(F)cc2)C(O)C1=O. The van der Waals surface area contributed by atoms with E-state index in [2.05, 4.69) is 0 Å². The van der Waals surface area contributed by atoms with Gasteiger partial charge in [0, 0.05) is 19.3 Å². The number of carbonyl (C=O) groups excluding carboxylic acids is 2. The van der Waals surface area contributed by atoms with E-state index in [9.17, 15) is 33.4 Å². The normalized spacial score (nSPS) is 21.4. The largest absolute Gasteiger partial charge is 0.478 e. The number of aliphatic hydroxyl groups excluding tert-OH is 1. The number of hydrogen-bond donors (Lipinski definition) is 2.